The number of fused-ring (bicyclic) bond motifs is 2. The Morgan fingerprint density at radius 3 is 2.56 bits per heavy atom. The molecule has 1 N–H and O–H groups in total. The van der Waals surface area contributed by atoms with Gasteiger partial charge in [-0.1, -0.05) is 29.8 Å². The van der Waals surface area contributed by atoms with Crippen molar-refractivity contribution in [2.75, 3.05) is 5.32 Å². The van der Waals surface area contributed by atoms with Crippen LogP contribution in [0.4, 0.5) is 10.1 Å². The number of hydrogen-bond donors (Lipinski definition) is 1. The fraction of sp³-hybridized carbons (Fsp3) is 0.0476. The second-order valence-electron chi connectivity index (χ2n) is 6.15. The van der Waals surface area contributed by atoms with Crippen LogP contribution in [-0.2, 0) is 11.3 Å². The van der Waals surface area contributed by atoms with Crippen LogP contribution in [0.3, 0.4) is 0 Å². The van der Waals surface area contributed by atoms with Crippen LogP contribution in [-0.4, -0.2) is 10.5 Å². The molecule has 0 radical (unpaired) electrons. The van der Waals surface area contributed by atoms with Crippen LogP contribution in [0, 0.1) is 5.82 Å². The molecule has 0 aliphatic rings. The minimum atomic E-state index is -0.432. The summed E-state index contributed by atoms with van der Waals surface area (Å²) in [5, 5.41) is 4.15. The predicted molar refractivity (Wildman–Crippen MR) is 106 cm³/mol. The number of para-hydroxylation sites is 1. The van der Waals surface area contributed by atoms with E-state index in [0.29, 0.717) is 32.5 Å². The van der Waals surface area contributed by atoms with Crippen LogP contribution in [0.5, 0.6) is 0 Å². The Labute approximate surface area is 158 Å². The third kappa shape index (κ3) is 3.29. The molecule has 4 rings (SSSR count). The highest BCUT2D eigenvalue weighted by molar-refractivity contribution is 6.31. The van der Waals surface area contributed by atoms with Gasteiger partial charge in [-0.05, 0) is 48.5 Å². The van der Waals surface area contributed by atoms with E-state index in [1.807, 2.05) is 0 Å². The van der Waals surface area contributed by atoms with E-state index >= 15 is 0 Å². The normalized spacial score (nSPS) is 11.0. The zero-order valence-electron chi connectivity index (χ0n) is 14.1. The summed E-state index contributed by atoms with van der Waals surface area (Å²) in [5.41, 5.74) is 1.46. The van der Waals surface area contributed by atoms with Gasteiger partial charge in [0.05, 0.1) is 11.0 Å². The quantitative estimate of drug-likeness (QED) is 0.529. The SMILES string of the molecule is O=C(Cn1c2ccccc2c(=O)c2ccc(Cl)cc21)Nc1cccc(F)c1. The summed E-state index contributed by atoms with van der Waals surface area (Å²) in [7, 11) is 0. The van der Waals surface area contributed by atoms with Gasteiger partial charge in [-0.15, -0.1) is 0 Å². The first kappa shape index (κ1) is 17.2. The number of nitrogens with zero attached hydrogens (tertiary/aromatic N) is 1. The van der Waals surface area contributed by atoms with E-state index in [1.165, 1.54) is 18.2 Å². The molecule has 1 amide bonds. The number of halogens is 2. The molecule has 1 aromatic heterocycles. The molecular weight excluding hydrogens is 367 g/mol. The summed E-state index contributed by atoms with van der Waals surface area (Å²) >= 11 is 6.12. The van der Waals surface area contributed by atoms with E-state index in [2.05, 4.69) is 5.32 Å². The molecule has 134 valence electrons. The van der Waals surface area contributed by atoms with Gasteiger partial charge < -0.3 is 9.88 Å². The highest BCUT2D eigenvalue weighted by atomic mass is 35.5. The monoisotopic (exact) mass is 380 g/mol. The Morgan fingerprint density at radius 2 is 1.74 bits per heavy atom. The number of nitrogens with one attached hydrogen (secondary N) is 1. The second-order valence-corrected chi connectivity index (χ2v) is 6.59. The molecule has 0 fully saturated rings. The van der Waals surface area contributed by atoms with Crippen molar-refractivity contribution < 1.29 is 9.18 Å². The molecule has 6 heteroatoms. The Hall–Kier alpha value is -3.18. The molecule has 0 atom stereocenters. The first-order valence-corrected chi connectivity index (χ1v) is 8.67. The standard InChI is InChI=1S/C21H14ClFN2O2/c22-13-8-9-17-19(10-13)25(18-7-2-1-6-16(18)21(17)27)12-20(26)24-15-5-3-4-14(23)11-15/h1-11H,12H2,(H,24,26). The van der Waals surface area contributed by atoms with Crippen LogP contribution < -0.4 is 10.7 Å². The van der Waals surface area contributed by atoms with Crippen molar-refractivity contribution in [2.24, 2.45) is 0 Å². The first-order chi connectivity index (χ1) is 13.0. The van der Waals surface area contributed by atoms with Gasteiger partial charge in [0.25, 0.3) is 0 Å². The van der Waals surface area contributed by atoms with Gasteiger partial charge in [0.15, 0.2) is 5.43 Å². The van der Waals surface area contributed by atoms with Gasteiger partial charge in [-0.2, -0.15) is 0 Å². The Morgan fingerprint density at radius 1 is 0.963 bits per heavy atom. The lowest BCUT2D eigenvalue weighted by Crippen LogP contribution is -2.21. The topological polar surface area (TPSA) is 51.1 Å². The lowest BCUT2D eigenvalue weighted by molar-refractivity contribution is -0.116. The number of carbonyl (C=O) groups excluding carboxylic acids is 1. The lowest BCUT2D eigenvalue weighted by atomic mass is 10.1. The molecule has 1 heterocycles. The van der Waals surface area contributed by atoms with Gasteiger partial charge in [-0.25, -0.2) is 4.39 Å². The largest absolute Gasteiger partial charge is 0.331 e. The maximum Gasteiger partial charge on any atom is 0.244 e. The van der Waals surface area contributed by atoms with Crippen molar-refractivity contribution >= 4 is 45.0 Å². The third-order valence-electron chi connectivity index (χ3n) is 4.34. The highest BCUT2D eigenvalue weighted by Gasteiger charge is 2.14. The number of anilines is 1. The number of amides is 1. The van der Waals surface area contributed by atoms with Crippen molar-refractivity contribution in [1.82, 2.24) is 4.57 Å². The van der Waals surface area contributed by atoms with E-state index in [-0.39, 0.29) is 17.9 Å². The minimum absolute atomic E-state index is 0.0475. The van der Waals surface area contributed by atoms with Crippen molar-refractivity contribution in [1.29, 1.82) is 0 Å². The smallest absolute Gasteiger partial charge is 0.244 e. The molecule has 27 heavy (non-hydrogen) atoms. The predicted octanol–water partition coefficient (Wildman–Crippen LogP) is 4.59. The Kier molecular flexibility index (Phi) is 4.38. The van der Waals surface area contributed by atoms with E-state index in [9.17, 15) is 14.0 Å². The molecule has 0 aliphatic heterocycles. The van der Waals surface area contributed by atoms with Crippen molar-refractivity contribution in [3.8, 4) is 0 Å². The molecule has 4 aromatic rings. The number of hydrogen-bond acceptors (Lipinski definition) is 2. The average Bonchev–Trinajstić information content (AvgIpc) is 2.65. The van der Waals surface area contributed by atoms with Crippen LogP contribution >= 0.6 is 11.6 Å². The lowest BCUT2D eigenvalue weighted by Gasteiger charge is -2.15. The van der Waals surface area contributed by atoms with Gasteiger partial charge in [0.1, 0.15) is 12.4 Å². The summed E-state index contributed by atoms with van der Waals surface area (Å²) in [6, 6.07) is 17.8. The summed E-state index contributed by atoms with van der Waals surface area (Å²) in [4.78, 5) is 25.4. The van der Waals surface area contributed by atoms with Crippen LogP contribution in [0.15, 0.2) is 71.5 Å². The maximum atomic E-state index is 13.3. The second kappa shape index (κ2) is 6.85. The van der Waals surface area contributed by atoms with Gasteiger partial charge in [0, 0.05) is 21.5 Å². The van der Waals surface area contributed by atoms with E-state index in [4.69, 9.17) is 11.6 Å². The molecule has 0 saturated heterocycles. The van der Waals surface area contributed by atoms with E-state index in [1.54, 1.807) is 53.1 Å². The summed E-state index contributed by atoms with van der Waals surface area (Å²) < 4.78 is 15.1. The molecule has 0 spiro atoms. The number of rotatable bonds is 3. The fourth-order valence-corrected chi connectivity index (χ4v) is 3.34. The summed E-state index contributed by atoms with van der Waals surface area (Å²) in [6.07, 6.45) is 0. The Balaban J connectivity index is 1.84. The van der Waals surface area contributed by atoms with Gasteiger partial charge in [0.2, 0.25) is 5.91 Å². The van der Waals surface area contributed by atoms with Crippen molar-refractivity contribution in [3.05, 3.63) is 87.8 Å². The van der Waals surface area contributed by atoms with Crippen LogP contribution in [0.25, 0.3) is 21.8 Å². The molecule has 3 aromatic carbocycles. The third-order valence-corrected chi connectivity index (χ3v) is 4.58. The number of carbonyl (C=O) groups is 1. The summed E-state index contributed by atoms with van der Waals surface area (Å²) in [6.45, 7) is -0.0475. The zero-order chi connectivity index (χ0) is 19.0. The molecular formula is C21H14ClFN2O2. The average molecular weight is 381 g/mol. The molecule has 4 nitrogen and oxygen atoms in total. The van der Waals surface area contributed by atoms with Crippen molar-refractivity contribution in [3.63, 3.8) is 0 Å². The Bertz CT molecular complexity index is 1250. The highest BCUT2D eigenvalue weighted by Crippen LogP contribution is 2.22. The van der Waals surface area contributed by atoms with E-state index < -0.39 is 5.82 Å². The first-order valence-electron chi connectivity index (χ1n) is 8.29. The number of aromatic nitrogens is 1. The molecule has 0 unspecified atom stereocenters. The maximum absolute atomic E-state index is 13.3. The number of benzene rings is 3. The number of pyridine rings is 1. The van der Waals surface area contributed by atoms with Crippen molar-refractivity contribution in [2.45, 2.75) is 6.54 Å². The van der Waals surface area contributed by atoms with Gasteiger partial charge >= 0.3 is 0 Å². The van der Waals surface area contributed by atoms with Crippen LogP contribution in [0.2, 0.25) is 5.02 Å². The molecule has 0 saturated carbocycles. The van der Waals surface area contributed by atoms with E-state index in [0.717, 1.165) is 0 Å². The zero-order valence-corrected chi connectivity index (χ0v) is 14.8. The minimum Gasteiger partial charge on any atom is -0.331 e. The fourth-order valence-electron chi connectivity index (χ4n) is 3.18. The molecule has 0 aliphatic carbocycles. The van der Waals surface area contributed by atoms with Crippen LogP contribution in [0.1, 0.15) is 0 Å². The van der Waals surface area contributed by atoms with Gasteiger partial charge in [-0.3, -0.25) is 9.59 Å². The molecule has 0 bridgehead atoms. The summed E-state index contributed by atoms with van der Waals surface area (Å²) in [5.74, 6) is -0.769.